The van der Waals surface area contributed by atoms with Crippen molar-refractivity contribution in [3.63, 3.8) is 0 Å². The Kier molecular flexibility index (Phi) is 4.98. The highest BCUT2D eigenvalue weighted by atomic mass is 19.1. The van der Waals surface area contributed by atoms with E-state index in [-0.39, 0.29) is 5.69 Å². The second kappa shape index (κ2) is 7.96. The number of aryl methyl sites for hydroxylation is 1. The summed E-state index contributed by atoms with van der Waals surface area (Å²) in [5.41, 5.74) is 4.86. The van der Waals surface area contributed by atoms with Gasteiger partial charge >= 0.3 is 6.03 Å². The molecule has 0 aliphatic carbocycles. The molecule has 1 atom stereocenters. The minimum absolute atomic E-state index is 0.0622. The normalized spacial score (nSPS) is 15.0. The summed E-state index contributed by atoms with van der Waals surface area (Å²) in [4.78, 5) is 15.2. The SMILES string of the molecule is Cc1ccccc1[C@@H]1c2cccn2-c2ccccc2CN1C(=O)Nc1ccc(F)cc1F. The number of carbonyl (C=O) groups excluding carboxylic acids is 1. The highest BCUT2D eigenvalue weighted by Gasteiger charge is 2.33. The monoisotopic (exact) mass is 429 g/mol. The Balaban J connectivity index is 1.65. The Morgan fingerprint density at radius 2 is 1.75 bits per heavy atom. The summed E-state index contributed by atoms with van der Waals surface area (Å²) in [7, 11) is 0. The van der Waals surface area contributed by atoms with Gasteiger partial charge in [0.05, 0.1) is 17.9 Å². The van der Waals surface area contributed by atoms with Crippen LogP contribution in [0.2, 0.25) is 0 Å². The van der Waals surface area contributed by atoms with Crippen molar-refractivity contribution in [2.45, 2.75) is 19.5 Å². The standard InChI is InChI=1S/C26H21F2N3O/c1-17-7-2-4-9-20(17)25-24-11-6-14-30(24)23-10-5-3-8-18(23)16-31(25)26(32)29-22-13-12-19(27)15-21(22)28/h2-15,25H,16H2,1H3,(H,29,32)/t25-/m1/s1. The Hall–Kier alpha value is -3.93. The third kappa shape index (κ3) is 3.43. The number of benzene rings is 3. The Bertz CT molecular complexity index is 1310. The number of anilines is 1. The molecule has 2 heterocycles. The van der Waals surface area contributed by atoms with E-state index in [0.29, 0.717) is 6.54 Å². The van der Waals surface area contributed by atoms with Gasteiger partial charge in [0.2, 0.25) is 0 Å². The van der Waals surface area contributed by atoms with Crippen molar-refractivity contribution in [2.24, 2.45) is 0 Å². The van der Waals surface area contributed by atoms with Crippen LogP contribution in [0.25, 0.3) is 5.69 Å². The van der Waals surface area contributed by atoms with E-state index in [2.05, 4.69) is 9.88 Å². The molecule has 32 heavy (non-hydrogen) atoms. The molecule has 0 saturated heterocycles. The van der Waals surface area contributed by atoms with Gasteiger partial charge in [-0.3, -0.25) is 0 Å². The topological polar surface area (TPSA) is 37.3 Å². The van der Waals surface area contributed by atoms with Gasteiger partial charge in [0.1, 0.15) is 17.7 Å². The average molecular weight is 429 g/mol. The van der Waals surface area contributed by atoms with Gasteiger partial charge in [-0.2, -0.15) is 0 Å². The van der Waals surface area contributed by atoms with Gasteiger partial charge in [-0.15, -0.1) is 0 Å². The predicted molar refractivity (Wildman–Crippen MR) is 120 cm³/mol. The number of amides is 2. The van der Waals surface area contributed by atoms with Crippen LogP contribution in [0.3, 0.4) is 0 Å². The molecule has 2 amide bonds. The molecule has 3 aromatic carbocycles. The van der Waals surface area contributed by atoms with E-state index in [9.17, 15) is 13.6 Å². The molecular formula is C26H21F2N3O. The zero-order valence-electron chi connectivity index (χ0n) is 17.4. The van der Waals surface area contributed by atoms with Gasteiger partial charge in [0.15, 0.2) is 0 Å². The molecule has 5 rings (SSSR count). The maximum atomic E-state index is 14.3. The van der Waals surface area contributed by atoms with Crippen molar-refractivity contribution in [3.05, 3.63) is 119 Å². The molecule has 0 spiro atoms. The second-order valence-corrected chi connectivity index (χ2v) is 7.87. The first-order valence-electron chi connectivity index (χ1n) is 10.4. The minimum Gasteiger partial charge on any atom is -0.318 e. The van der Waals surface area contributed by atoms with Crippen LogP contribution in [0, 0.1) is 18.6 Å². The third-order valence-corrected chi connectivity index (χ3v) is 5.88. The average Bonchev–Trinajstić information content (AvgIpc) is 3.21. The summed E-state index contributed by atoms with van der Waals surface area (Å²) >= 11 is 0. The molecule has 4 aromatic rings. The molecule has 0 saturated carbocycles. The van der Waals surface area contributed by atoms with Gasteiger partial charge in [0, 0.05) is 18.0 Å². The lowest BCUT2D eigenvalue weighted by Gasteiger charge is -2.32. The fourth-order valence-corrected chi connectivity index (χ4v) is 4.34. The van der Waals surface area contributed by atoms with E-state index in [0.717, 1.165) is 40.2 Å². The van der Waals surface area contributed by atoms with Crippen molar-refractivity contribution in [1.82, 2.24) is 9.47 Å². The number of aromatic nitrogens is 1. The van der Waals surface area contributed by atoms with Crippen molar-refractivity contribution in [1.29, 1.82) is 0 Å². The highest BCUT2D eigenvalue weighted by molar-refractivity contribution is 5.90. The summed E-state index contributed by atoms with van der Waals surface area (Å²) in [6.45, 7) is 2.34. The quantitative estimate of drug-likeness (QED) is 0.405. The van der Waals surface area contributed by atoms with E-state index in [1.54, 1.807) is 4.90 Å². The first-order chi connectivity index (χ1) is 15.5. The van der Waals surface area contributed by atoms with E-state index in [1.165, 1.54) is 6.07 Å². The fourth-order valence-electron chi connectivity index (χ4n) is 4.34. The van der Waals surface area contributed by atoms with Gasteiger partial charge in [-0.1, -0.05) is 42.5 Å². The number of para-hydroxylation sites is 1. The summed E-state index contributed by atoms with van der Waals surface area (Å²) in [5.74, 6) is -1.51. The highest BCUT2D eigenvalue weighted by Crippen LogP contribution is 2.38. The maximum absolute atomic E-state index is 14.3. The second-order valence-electron chi connectivity index (χ2n) is 7.87. The number of hydrogen-bond acceptors (Lipinski definition) is 1. The molecule has 1 aromatic heterocycles. The van der Waals surface area contributed by atoms with Crippen LogP contribution in [0.5, 0.6) is 0 Å². The van der Waals surface area contributed by atoms with Gasteiger partial charge in [-0.05, 0) is 53.9 Å². The maximum Gasteiger partial charge on any atom is 0.323 e. The van der Waals surface area contributed by atoms with E-state index in [4.69, 9.17) is 0 Å². The molecule has 1 aliphatic rings. The molecule has 160 valence electrons. The first-order valence-corrected chi connectivity index (χ1v) is 10.4. The molecule has 0 unspecified atom stereocenters. The van der Waals surface area contributed by atoms with Crippen molar-refractivity contribution in [2.75, 3.05) is 5.32 Å². The Labute approximate surface area is 184 Å². The zero-order valence-corrected chi connectivity index (χ0v) is 17.4. The van der Waals surface area contributed by atoms with Crippen LogP contribution in [-0.4, -0.2) is 15.5 Å². The van der Waals surface area contributed by atoms with Crippen LogP contribution in [-0.2, 0) is 6.54 Å². The molecule has 1 N–H and O–H groups in total. The lowest BCUT2D eigenvalue weighted by Crippen LogP contribution is -2.38. The van der Waals surface area contributed by atoms with Gasteiger partial charge in [-0.25, -0.2) is 13.6 Å². The largest absolute Gasteiger partial charge is 0.323 e. The Morgan fingerprint density at radius 1 is 0.969 bits per heavy atom. The summed E-state index contributed by atoms with van der Waals surface area (Å²) in [6, 6.07) is 22.0. The number of hydrogen-bond donors (Lipinski definition) is 1. The number of nitrogens with one attached hydrogen (secondary N) is 1. The predicted octanol–water partition coefficient (Wildman–Crippen LogP) is 6.20. The summed E-state index contributed by atoms with van der Waals surface area (Å²) in [5, 5.41) is 2.64. The molecule has 1 aliphatic heterocycles. The van der Waals surface area contributed by atoms with Gasteiger partial charge in [0.25, 0.3) is 0 Å². The first kappa shape index (κ1) is 20.0. The van der Waals surface area contributed by atoms with E-state index < -0.39 is 23.7 Å². The number of carbonyl (C=O) groups is 1. The van der Waals surface area contributed by atoms with Crippen LogP contribution in [0.4, 0.5) is 19.3 Å². The minimum atomic E-state index is -0.815. The van der Waals surface area contributed by atoms with Crippen LogP contribution >= 0.6 is 0 Å². The van der Waals surface area contributed by atoms with Crippen LogP contribution in [0.15, 0.2) is 85.1 Å². The lowest BCUT2D eigenvalue weighted by molar-refractivity contribution is 0.194. The molecule has 6 heteroatoms. The molecular weight excluding hydrogens is 408 g/mol. The van der Waals surface area contributed by atoms with Crippen LogP contribution < -0.4 is 5.32 Å². The summed E-state index contributed by atoms with van der Waals surface area (Å²) < 4.78 is 29.7. The summed E-state index contributed by atoms with van der Waals surface area (Å²) in [6.07, 6.45) is 1.99. The molecule has 0 bridgehead atoms. The molecule has 0 radical (unpaired) electrons. The number of fused-ring (bicyclic) bond motifs is 3. The smallest absolute Gasteiger partial charge is 0.318 e. The van der Waals surface area contributed by atoms with Crippen molar-refractivity contribution < 1.29 is 13.6 Å². The van der Waals surface area contributed by atoms with E-state index >= 15 is 0 Å². The number of halogens is 2. The lowest BCUT2D eigenvalue weighted by atomic mass is 9.97. The van der Waals surface area contributed by atoms with E-state index in [1.807, 2.05) is 73.8 Å². The fraction of sp³-hybridized carbons (Fsp3) is 0.115. The van der Waals surface area contributed by atoms with Crippen molar-refractivity contribution in [3.8, 4) is 5.69 Å². The van der Waals surface area contributed by atoms with Gasteiger partial charge < -0.3 is 14.8 Å². The Morgan fingerprint density at radius 3 is 2.56 bits per heavy atom. The molecule has 0 fully saturated rings. The van der Waals surface area contributed by atoms with Crippen LogP contribution in [0.1, 0.15) is 28.4 Å². The van der Waals surface area contributed by atoms with Crippen molar-refractivity contribution >= 4 is 11.7 Å². The molecule has 4 nitrogen and oxygen atoms in total. The number of urea groups is 1. The number of rotatable bonds is 2. The zero-order chi connectivity index (χ0) is 22.2. The third-order valence-electron chi connectivity index (χ3n) is 5.88. The number of nitrogens with zero attached hydrogens (tertiary/aromatic N) is 2.